The molecule has 0 aromatic heterocycles. The monoisotopic (exact) mass is 300 g/mol. The maximum Gasteiger partial charge on any atom is 0.261 e. The molecule has 1 rings (SSSR count). The number of ether oxygens (including phenoxy) is 2. The van der Waals surface area contributed by atoms with Crippen molar-refractivity contribution < 1.29 is 26.7 Å². The fourth-order valence-electron chi connectivity index (χ4n) is 1.08. The van der Waals surface area contributed by atoms with Crippen LogP contribution >= 0.6 is 10.7 Å². The molecule has 1 atom stereocenters. The van der Waals surface area contributed by atoms with Crippen molar-refractivity contribution >= 4 is 19.7 Å². The molecule has 0 bridgehead atoms. The van der Waals surface area contributed by atoms with E-state index in [0.29, 0.717) is 12.1 Å². The lowest BCUT2D eigenvalue weighted by atomic mass is 10.3. The molecule has 1 aromatic rings. The van der Waals surface area contributed by atoms with E-state index in [4.69, 9.17) is 20.2 Å². The molecule has 0 amide bonds. The second-order valence-electron chi connectivity index (χ2n) is 3.51. The Bertz CT molecular complexity index is 510. The van der Waals surface area contributed by atoms with Gasteiger partial charge in [0, 0.05) is 17.8 Å². The van der Waals surface area contributed by atoms with Crippen LogP contribution in [0.2, 0.25) is 0 Å². The largest absolute Gasteiger partial charge is 0.485 e. The average molecular weight is 301 g/mol. The Morgan fingerprint density at radius 3 is 2.22 bits per heavy atom. The maximum absolute atomic E-state index is 13.5. The van der Waals surface area contributed by atoms with Crippen molar-refractivity contribution in [3.63, 3.8) is 0 Å². The maximum atomic E-state index is 13.5. The highest BCUT2D eigenvalue weighted by Gasteiger charge is 2.19. The summed E-state index contributed by atoms with van der Waals surface area (Å²) in [5.41, 5.74) is 0. The van der Waals surface area contributed by atoms with E-state index < -0.39 is 31.3 Å². The summed E-state index contributed by atoms with van der Waals surface area (Å²) in [6.45, 7) is 1.57. The van der Waals surface area contributed by atoms with Crippen LogP contribution in [0.25, 0.3) is 0 Å². The number of methoxy groups -OCH3 is 1. The van der Waals surface area contributed by atoms with Crippen LogP contribution in [0.4, 0.5) is 8.78 Å². The lowest BCUT2D eigenvalue weighted by molar-refractivity contribution is 0.0685. The van der Waals surface area contributed by atoms with Gasteiger partial charge >= 0.3 is 0 Å². The third-order valence-corrected chi connectivity index (χ3v) is 3.45. The summed E-state index contributed by atoms with van der Waals surface area (Å²) >= 11 is 0. The minimum atomic E-state index is -4.19. The molecular weight excluding hydrogens is 290 g/mol. The van der Waals surface area contributed by atoms with Gasteiger partial charge in [-0.15, -0.1) is 0 Å². The Morgan fingerprint density at radius 1 is 1.33 bits per heavy atom. The van der Waals surface area contributed by atoms with Crippen molar-refractivity contribution in [2.75, 3.05) is 13.7 Å². The Labute approximate surface area is 108 Å². The third-order valence-electron chi connectivity index (χ3n) is 2.12. The van der Waals surface area contributed by atoms with Crippen LogP contribution in [0, 0.1) is 11.6 Å². The Hall–Kier alpha value is -0.920. The molecule has 0 saturated carbocycles. The smallest absolute Gasteiger partial charge is 0.261 e. The molecule has 0 fully saturated rings. The van der Waals surface area contributed by atoms with Crippen molar-refractivity contribution in [3.05, 3.63) is 23.8 Å². The van der Waals surface area contributed by atoms with Gasteiger partial charge in [-0.3, -0.25) is 0 Å². The van der Waals surface area contributed by atoms with E-state index in [9.17, 15) is 17.2 Å². The minimum Gasteiger partial charge on any atom is -0.485 e. The van der Waals surface area contributed by atoms with Gasteiger partial charge in [0.05, 0.1) is 11.0 Å². The van der Waals surface area contributed by atoms with Crippen LogP contribution in [0.15, 0.2) is 17.0 Å². The van der Waals surface area contributed by atoms with Crippen molar-refractivity contribution in [2.24, 2.45) is 0 Å². The fraction of sp³-hybridized carbons (Fsp3) is 0.400. The summed E-state index contributed by atoms with van der Waals surface area (Å²) in [7, 11) is 2.21. The highest BCUT2D eigenvalue weighted by molar-refractivity contribution is 8.13. The minimum absolute atomic E-state index is 0.0721. The predicted octanol–water partition coefficient (Wildman–Crippen LogP) is 2.31. The number of benzene rings is 1. The molecular formula is C10H11ClF2O4S. The normalized spacial score (nSPS) is 13.4. The second-order valence-corrected chi connectivity index (χ2v) is 6.08. The second kappa shape index (κ2) is 5.81. The highest BCUT2D eigenvalue weighted by Crippen LogP contribution is 2.27. The number of halogens is 3. The first-order valence-corrected chi connectivity index (χ1v) is 7.16. The first-order valence-electron chi connectivity index (χ1n) is 4.85. The van der Waals surface area contributed by atoms with Crippen LogP contribution < -0.4 is 4.74 Å². The van der Waals surface area contributed by atoms with Gasteiger partial charge in [-0.2, -0.15) is 0 Å². The van der Waals surface area contributed by atoms with Crippen molar-refractivity contribution in [1.29, 1.82) is 0 Å². The first kappa shape index (κ1) is 15.1. The van der Waals surface area contributed by atoms with Gasteiger partial charge in [0.15, 0.2) is 17.4 Å². The summed E-state index contributed by atoms with van der Waals surface area (Å²) in [6.07, 6.45) is -0.361. The van der Waals surface area contributed by atoms with Gasteiger partial charge in [0.25, 0.3) is 9.05 Å². The Morgan fingerprint density at radius 2 is 1.83 bits per heavy atom. The Balaban J connectivity index is 3.02. The molecule has 0 saturated heterocycles. The molecule has 0 heterocycles. The Kier molecular flexibility index (Phi) is 4.89. The van der Waals surface area contributed by atoms with E-state index in [0.717, 1.165) is 0 Å². The number of hydrogen-bond donors (Lipinski definition) is 0. The van der Waals surface area contributed by atoms with E-state index in [1.165, 1.54) is 7.11 Å². The predicted molar refractivity (Wildman–Crippen MR) is 61.4 cm³/mol. The van der Waals surface area contributed by atoms with Crippen LogP contribution in [0.3, 0.4) is 0 Å². The van der Waals surface area contributed by atoms with Gasteiger partial charge in [-0.1, -0.05) is 0 Å². The van der Waals surface area contributed by atoms with Crippen molar-refractivity contribution in [2.45, 2.75) is 17.9 Å². The van der Waals surface area contributed by atoms with E-state index in [2.05, 4.69) is 0 Å². The quantitative estimate of drug-likeness (QED) is 0.783. The SMILES string of the molecule is COC(C)COc1c(F)cc(S(=O)(=O)Cl)cc1F. The van der Waals surface area contributed by atoms with Gasteiger partial charge in [-0.05, 0) is 19.1 Å². The van der Waals surface area contributed by atoms with Gasteiger partial charge in [0.2, 0.25) is 0 Å². The van der Waals surface area contributed by atoms with Crippen LogP contribution in [-0.2, 0) is 13.8 Å². The average Bonchev–Trinajstić information content (AvgIpc) is 2.26. The van der Waals surface area contributed by atoms with E-state index in [1.807, 2.05) is 0 Å². The van der Waals surface area contributed by atoms with E-state index in [-0.39, 0.29) is 12.7 Å². The molecule has 0 aliphatic carbocycles. The standard InChI is InChI=1S/C10H11ClF2O4S/c1-6(16-2)5-17-10-8(12)3-7(4-9(10)13)18(11,14)15/h3-4,6H,5H2,1-2H3. The number of rotatable bonds is 5. The molecule has 1 unspecified atom stereocenters. The zero-order valence-electron chi connectivity index (χ0n) is 9.61. The summed E-state index contributed by atoms with van der Waals surface area (Å²) in [4.78, 5) is -0.661. The molecule has 0 aliphatic heterocycles. The number of hydrogen-bond acceptors (Lipinski definition) is 4. The molecule has 102 valence electrons. The van der Waals surface area contributed by atoms with Crippen LogP contribution in [0.1, 0.15) is 6.92 Å². The first-order chi connectivity index (χ1) is 8.25. The summed E-state index contributed by atoms with van der Waals surface area (Å²) in [6, 6.07) is 1.19. The molecule has 0 spiro atoms. The molecule has 18 heavy (non-hydrogen) atoms. The fourth-order valence-corrected chi connectivity index (χ4v) is 1.84. The lowest BCUT2D eigenvalue weighted by Gasteiger charge is -2.13. The zero-order chi connectivity index (χ0) is 13.9. The third kappa shape index (κ3) is 3.79. The molecule has 0 N–H and O–H groups in total. The van der Waals surface area contributed by atoms with Crippen molar-refractivity contribution in [3.8, 4) is 5.75 Å². The van der Waals surface area contributed by atoms with Crippen LogP contribution in [-0.4, -0.2) is 28.2 Å². The summed E-state index contributed by atoms with van der Waals surface area (Å²) < 4.78 is 58.5. The molecule has 0 aliphatic rings. The molecule has 0 radical (unpaired) electrons. The van der Waals surface area contributed by atoms with Crippen molar-refractivity contribution in [1.82, 2.24) is 0 Å². The van der Waals surface area contributed by atoms with E-state index >= 15 is 0 Å². The molecule has 4 nitrogen and oxygen atoms in total. The summed E-state index contributed by atoms with van der Waals surface area (Å²) in [5.74, 6) is -2.95. The lowest BCUT2D eigenvalue weighted by Crippen LogP contribution is -2.17. The molecule has 8 heteroatoms. The van der Waals surface area contributed by atoms with E-state index in [1.54, 1.807) is 6.92 Å². The van der Waals surface area contributed by atoms with Gasteiger partial charge in [0.1, 0.15) is 6.61 Å². The highest BCUT2D eigenvalue weighted by atomic mass is 35.7. The molecule has 1 aromatic carbocycles. The summed E-state index contributed by atoms with van der Waals surface area (Å²) in [5, 5.41) is 0. The van der Waals surface area contributed by atoms with Gasteiger partial charge < -0.3 is 9.47 Å². The van der Waals surface area contributed by atoms with Gasteiger partial charge in [-0.25, -0.2) is 17.2 Å². The topological polar surface area (TPSA) is 52.6 Å². The van der Waals surface area contributed by atoms with Crippen LogP contribution in [0.5, 0.6) is 5.75 Å². The zero-order valence-corrected chi connectivity index (χ0v) is 11.2.